The van der Waals surface area contributed by atoms with Crippen molar-refractivity contribution in [3.8, 4) is 0 Å². The summed E-state index contributed by atoms with van der Waals surface area (Å²) in [4.78, 5) is 17.7. The number of hydrogen-bond donors (Lipinski definition) is 1. The van der Waals surface area contributed by atoms with E-state index in [9.17, 15) is 4.79 Å². The molecule has 1 atom stereocenters. The van der Waals surface area contributed by atoms with Gasteiger partial charge in [-0.25, -0.2) is 0 Å². The van der Waals surface area contributed by atoms with Crippen molar-refractivity contribution in [2.45, 2.75) is 38.1 Å². The number of likely N-dealkylation sites (tertiary alicyclic amines) is 1. The van der Waals surface area contributed by atoms with Gasteiger partial charge < -0.3 is 10.2 Å². The molecule has 1 unspecified atom stereocenters. The minimum Gasteiger partial charge on any atom is -0.372 e. The first-order valence-corrected chi connectivity index (χ1v) is 10.7. The summed E-state index contributed by atoms with van der Waals surface area (Å²) in [5.41, 5.74) is 3.26. The summed E-state index contributed by atoms with van der Waals surface area (Å²) < 4.78 is 0. The fourth-order valence-corrected chi connectivity index (χ4v) is 4.45. The lowest BCUT2D eigenvalue weighted by Crippen LogP contribution is -2.40. The minimum atomic E-state index is 0.0194. The van der Waals surface area contributed by atoms with Crippen molar-refractivity contribution in [2.75, 3.05) is 37.6 Å². The zero-order valence-corrected chi connectivity index (χ0v) is 16.6. The fraction of sp³-hybridized carbons (Fsp3) is 0.458. The zero-order chi connectivity index (χ0) is 19.2. The van der Waals surface area contributed by atoms with E-state index in [1.807, 2.05) is 12.1 Å². The highest BCUT2D eigenvalue weighted by molar-refractivity contribution is 5.94. The van der Waals surface area contributed by atoms with E-state index in [1.165, 1.54) is 43.4 Å². The summed E-state index contributed by atoms with van der Waals surface area (Å²) in [5, 5.41) is 3.19. The topological polar surface area (TPSA) is 35.6 Å². The number of carbonyl (C=O) groups is 1. The molecule has 1 amide bonds. The maximum absolute atomic E-state index is 12.8. The van der Waals surface area contributed by atoms with Gasteiger partial charge in [0.2, 0.25) is 0 Å². The number of nitrogens with zero attached hydrogens (tertiary/aromatic N) is 2. The van der Waals surface area contributed by atoms with Gasteiger partial charge in [-0.15, -0.1) is 0 Å². The summed E-state index contributed by atoms with van der Waals surface area (Å²) in [6.07, 6.45) is 6.33. The Morgan fingerprint density at radius 2 is 1.46 bits per heavy atom. The number of anilines is 1. The Labute approximate surface area is 168 Å². The van der Waals surface area contributed by atoms with E-state index in [0.29, 0.717) is 6.54 Å². The Morgan fingerprint density at radius 3 is 2.14 bits per heavy atom. The normalized spacial score (nSPS) is 18.8. The highest BCUT2D eigenvalue weighted by atomic mass is 16.1. The van der Waals surface area contributed by atoms with Crippen molar-refractivity contribution in [3.63, 3.8) is 0 Å². The van der Waals surface area contributed by atoms with Crippen molar-refractivity contribution in [3.05, 3.63) is 65.7 Å². The van der Waals surface area contributed by atoms with Crippen LogP contribution in [0.4, 0.5) is 5.69 Å². The van der Waals surface area contributed by atoms with Gasteiger partial charge in [0, 0.05) is 30.9 Å². The molecule has 0 aliphatic carbocycles. The van der Waals surface area contributed by atoms with E-state index in [-0.39, 0.29) is 11.9 Å². The highest BCUT2D eigenvalue weighted by Crippen LogP contribution is 2.24. The Kier molecular flexibility index (Phi) is 6.27. The van der Waals surface area contributed by atoms with Crippen LogP contribution in [0, 0.1) is 0 Å². The second-order valence-electron chi connectivity index (χ2n) is 7.97. The molecule has 2 aromatic rings. The van der Waals surface area contributed by atoms with Crippen molar-refractivity contribution in [1.29, 1.82) is 0 Å². The molecule has 28 heavy (non-hydrogen) atoms. The van der Waals surface area contributed by atoms with E-state index < -0.39 is 0 Å². The maximum Gasteiger partial charge on any atom is 0.251 e. The molecule has 2 heterocycles. The van der Waals surface area contributed by atoms with Crippen molar-refractivity contribution < 1.29 is 4.79 Å². The molecule has 2 aromatic carbocycles. The van der Waals surface area contributed by atoms with Gasteiger partial charge in [-0.3, -0.25) is 9.69 Å². The molecule has 1 N–H and O–H groups in total. The van der Waals surface area contributed by atoms with E-state index in [2.05, 4.69) is 57.6 Å². The van der Waals surface area contributed by atoms with E-state index in [1.54, 1.807) is 0 Å². The van der Waals surface area contributed by atoms with Crippen LogP contribution in [0.2, 0.25) is 0 Å². The molecule has 0 spiro atoms. The van der Waals surface area contributed by atoms with Crippen molar-refractivity contribution >= 4 is 11.6 Å². The van der Waals surface area contributed by atoms with Crippen molar-refractivity contribution in [2.24, 2.45) is 0 Å². The molecule has 0 radical (unpaired) electrons. The first kappa shape index (κ1) is 19.0. The largest absolute Gasteiger partial charge is 0.372 e. The van der Waals surface area contributed by atoms with Gasteiger partial charge in [0.05, 0.1) is 6.04 Å². The number of hydrogen-bond acceptors (Lipinski definition) is 3. The van der Waals surface area contributed by atoms with Gasteiger partial charge in [-0.05, 0) is 68.6 Å². The Hall–Kier alpha value is -2.33. The zero-order valence-electron chi connectivity index (χ0n) is 16.6. The van der Waals surface area contributed by atoms with Crippen LogP contribution >= 0.6 is 0 Å². The van der Waals surface area contributed by atoms with Crippen LogP contribution < -0.4 is 10.2 Å². The summed E-state index contributed by atoms with van der Waals surface area (Å²) in [6, 6.07) is 18.9. The van der Waals surface area contributed by atoms with Gasteiger partial charge in [0.25, 0.3) is 5.91 Å². The third kappa shape index (κ3) is 4.56. The fourth-order valence-electron chi connectivity index (χ4n) is 4.45. The number of amides is 1. The molecule has 0 aromatic heterocycles. The lowest BCUT2D eigenvalue weighted by molar-refractivity contribution is 0.0924. The third-order valence-electron chi connectivity index (χ3n) is 6.07. The molecule has 4 nitrogen and oxygen atoms in total. The smallest absolute Gasteiger partial charge is 0.251 e. The number of piperidine rings is 1. The second kappa shape index (κ2) is 9.24. The number of rotatable bonds is 6. The van der Waals surface area contributed by atoms with Gasteiger partial charge in [-0.2, -0.15) is 0 Å². The lowest BCUT2D eigenvalue weighted by Gasteiger charge is -2.35. The van der Waals surface area contributed by atoms with Crippen LogP contribution in [0.5, 0.6) is 0 Å². The average molecular weight is 378 g/mol. The second-order valence-corrected chi connectivity index (χ2v) is 7.97. The van der Waals surface area contributed by atoms with Crippen LogP contribution in [0.1, 0.15) is 54.1 Å². The predicted octanol–water partition coefficient (Wildman–Crippen LogP) is 4.24. The molecule has 4 rings (SSSR count). The summed E-state index contributed by atoms with van der Waals surface area (Å²) in [7, 11) is 0. The van der Waals surface area contributed by atoms with Gasteiger partial charge >= 0.3 is 0 Å². The summed E-state index contributed by atoms with van der Waals surface area (Å²) in [6.45, 7) is 5.12. The molecule has 148 valence electrons. The first-order valence-electron chi connectivity index (χ1n) is 10.7. The Morgan fingerprint density at radius 1 is 0.821 bits per heavy atom. The number of nitrogens with one attached hydrogen (secondary N) is 1. The lowest BCUT2D eigenvalue weighted by atomic mass is 10.0. The number of carbonyl (C=O) groups excluding carboxylic acids is 1. The van der Waals surface area contributed by atoms with Crippen molar-refractivity contribution in [1.82, 2.24) is 10.2 Å². The maximum atomic E-state index is 12.8. The first-order chi connectivity index (χ1) is 13.8. The summed E-state index contributed by atoms with van der Waals surface area (Å²) in [5.74, 6) is 0.0194. The van der Waals surface area contributed by atoms with Gasteiger partial charge in [-0.1, -0.05) is 36.8 Å². The molecule has 2 aliphatic heterocycles. The Balaban J connectivity index is 1.40. The van der Waals surface area contributed by atoms with E-state index in [4.69, 9.17) is 0 Å². The SMILES string of the molecule is O=C(NCC(c1ccccc1)N1CCCCC1)c1ccc(N2CCCC2)cc1. The monoisotopic (exact) mass is 377 g/mol. The van der Waals surface area contributed by atoms with E-state index >= 15 is 0 Å². The van der Waals surface area contributed by atoms with E-state index in [0.717, 1.165) is 31.7 Å². The molecule has 0 bridgehead atoms. The average Bonchev–Trinajstić information content (AvgIpc) is 3.30. The molecule has 2 saturated heterocycles. The van der Waals surface area contributed by atoms with Crippen LogP contribution in [0.15, 0.2) is 54.6 Å². The minimum absolute atomic E-state index is 0.0194. The third-order valence-corrected chi connectivity index (χ3v) is 6.07. The van der Waals surface area contributed by atoms with Crippen LogP contribution in [-0.4, -0.2) is 43.5 Å². The number of benzene rings is 2. The molecular formula is C24H31N3O. The quantitative estimate of drug-likeness (QED) is 0.818. The standard InChI is InChI=1S/C24H31N3O/c28-24(21-11-13-22(14-12-21)26-15-7-8-16-26)25-19-23(20-9-3-1-4-10-20)27-17-5-2-6-18-27/h1,3-4,9-14,23H,2,5-8,15-19H2,(H,25,28). The Bertz CT molecular complexity index is 747. The van der Waals surface area contributed by atoms with Gasteiger partial charge in [0.1, 0.15) is 0 Å². The predicted molar refractivity (Wildman–Crippen MR) is 115 cm³/mol. The molecule has 2 fully saturated rings. The summed E-state index contributed by atoms with van der Waals surface area (Å²) >= 11 is 0. The molecule has 0 saturated carbocycles. The van der Waals surface area contributed by atoms with Crippen LogP contribution in [-0.2, 0) is 0 Å². The molecule has 4 heteroatoms. The molecular weight excluding hydrogens is 346 g/mol. The highest BCUT2D eigenvalue weighted by Gasteiger charge is 2.23. The molecule has 2 aliphatic rings. The van der Waals surface area contributed by atoms with Crippen LogP contribution in [0.25, 0.3) is 0 Å². The van der Waals surface area contributed by atoms with Gasteiger partial charge in [0.15, 0.2) is 0 Å². The van der Waals surface area contributed by atoms with Crippen LogP contribution in [0.3, 0.4) is 0 Å².